The molecule has 12 heteroatoms. The minimum Gasteiger partial charge on any atom is -0.290 e. The molecule has 0 aliphatic heterocycles. The molecule has 0 fully saturated rings. The third-order valence-electron chi connectivity index (χ3n) is 5.37. The monoisotopic (exact) mass is 508 g/mol. The van der Waals surface area contributed by atoms with Crippen LogP contribution >= 0.6 is 11.3 Å². The van der Waals surface area contributed by atoms with Gasteiger partial charge in [-0.15, -0.1) is 11.3 Å². The summed E-state index contributed by atoms with van der Waals surface area (Å²) < 4.78 is 79.5. The van der Waals surface area contributed by atoms with Crippen molar-refractivity contribution in [1.29, 1.82) is 5.26 Å². The third kappa shape index (κ3) is 4.17. The van der Waals surface area contributed by atoms with Gasteiger partial charge in [0.1, 0.15) is 17.7 Å². The summed E-state index contributed by atoms with van der Waals surface area (Å²) in [7, 11) is -4.26. The summed E-state index contributed by atoms with van der Waals surface area (Å²) >= 11 is 1.30. The van der Waals surface area contributed by atoms with Gasteiger partial charge in [0.15, 0.2) is 9.84 Å². The lowest BCUT2D eigenvalue weighted by atomic mass is 10.1. The number of rotatable bonds is 5. The molecule has 1 atom stereocenters. The molecule has 0 spiro atoms. The van der Waals surface area contributed by atoms with Crippen molar-refractivity contribution in [3.05, 3.63) is 58.3 Å². The zero-order chi connectivity index (χ0) is 24.8. The van der Waals surface area contributed by atoms with Crippen molar-refractivity contribution in [3.63, 3.8) is 0 Å². The maximum Gasteiger partial charge on any atom is 0.392 e. The maximum absolute atomic E-state index is 14.3. The van der Waals surface area contributed by atoms with Gasteiger partial charge in [-0.3, -0.25) is 9.55 Å². The van der Waals surface area contributed by atoms with E-state index in [2.05, 4.69) is 16.0 Å². The molecule has 4 rings (SSSR count). The van der Waals surface area contributed by atoms with Crippen molar-refractivity contribution in [3.8, 4) is 23.3 Å². The Bertz CT molecular complexity index is 1520. The average molecular weight is 509 g/mol. The van der Waals surface area contributed by atoms with Crippen molar-refractivity contribution in [2.45, 2.75) is 24.9 Å². The van der Waals surface area contributed by atoms with E-state index in [4.69, 9.17) is 0 Å². The predicted octanol–water partition coefficient (Wildman–Crippen LogP) is 5.44. The zero-order valence-electron chi connectivity index (χ0n) is 17.8. The molecular formula is C22H16F4N4O2S2. The first-order valence-corrected chi connectivity index (χ1v) is 12.4. The molecule has 6 nitrogen and oxygen atoms in total. The molecule has 3 heterocycles. The summed E-state index contributed by atoms with van der Waals surface area (Å²) in [5.41, 5.74) is 3.00. The molecule has 34 heavy (non-hydrogen) atoms. The van der Waals surface area contributed by atoms with E-state index in [0.29, 0.717) is 22.3 Å². The molecule has 3 aromatic heterocycles. The number of fused-ring (bicyclic) bond motifs is 1. The summed E-state index contributed by atoms with van der Waals surface area (Å²) in [6.45, 7) is 2.38. The minimum atomic E-state index is -4.65. The van der Waals surface area contributed by atoms with Gasteiger partial charge in [-0.25, -0.2) is 17.8 Å². The van der Waals surface area contributed by atoms with Gasteiger partial charge in [0.2, 0.25) is 0 Å². The van der Waals surface area contributed by atoms with Crippen LogP contribution in [-0.2, 0) is 9.84 Å². The first kappa shape index (κ1) is 23.8. The molecule has 176 valence electrons. The van der Waals surface area contributed by atoms with E-state index in [1.54, 1.807) is 28.4 Å². The molecule has 0 unspecified atom stereocenters. The summed E-state index contributed by atoms with van der Waals surface area (Å²) in [4.78, 5) is 8.07. The second kappa shape index (κ2) is 8.48. The van der Waals surface area contributed by atoms with Crippen molar-refractivity contribution < 1.29 is 26.0 Å². The first-order chi connectivity index (χ1) is 15.9. The quantitative estimate of drug-likeness (QED) is 0.335. The van der Waals surface area contributed by atoms with Crippen LogP contribution in [-0.4, -0.2) is 34.9 Å². The Morgan fingerprint density at radius 2 is 1.97 bits per heavy atom. The zero-order valence-corrected chi connectivity index (χ0v) is 19.4. The molecule has 0 radical (unpaired) electrons. The van der Waals surface area contributed by atoms with E-state index in [1.807, 2.05) is 0 Å². The summed E-state index contributed by atoms with van der Waals surface area (Å²) in [5.74, 6) is -3.21. The number of thiazole rings is 1. The number of alkyl halides is 3. The summed E-state index contributed by atoms with van der Waals surface area (Å²) in [5, 5.41) is 11.9. The normalized spacial score (nSPS) is 13.2. The first-order valence-electron chi connectivity index (χ1n) is 9.83. The van der Waals surface area contributed by atoms with E-state index in [1.165, 1.54) is 23.5 Å². The lowest BCUT2D eigenvalue weighted by Gasteiger charge is -2.15. The average Bonchev–Trinajstić information content (AvgIpc) is 3.39. The Kier molecular flexibility index (Phi) is 5.95. The summed E-state index contributed by atoms with van der Waals surface area (Å²) in [6.07, 6.45) is -3.69. The van der Waals surface area contributed by atoms with E-state index >= 15 is 0 Å². The number of nitrogens with zero attached hydrogens (tertiary/aromatic N) is 4. The second-order valence-corrected chi connectivity index (χ2v) is 10.5. The van der Waals surface area contributed by atoms with E-state index in [9.17, 15) is 31.2 Å². The Labute approximate surface area is 196 Å². The van der Waals surface area contributed by atoms with Crippen LogP contribution in [0.5, 0.6) is 0 Å². The van der Waals surface area contributed by atoms with Gasteiger partial charge in [0.25, 0.3) is 0 Å². The smallest absolute Gasteiger partial charge is 0.290 e. The van der Waals surface area contributed by atoms with Gasteiger partial charge in [-0.2, -0.15) is 18.4 Å². The van der Waals surface area contributed by atoms with E-state index < -0.39 is 33.5 Å². The minimum absolute atomic E-state index is 0.107. The largest absolute Gasteiger partial charge is 0.392 e. The number of aryl methyl sites for hydroxylation is 1. The van der Waals surface area contributed by atoms with Gasteiger partial charge >= 0.3 is 6.18 Å². The summed E-state index contributed by atoms with van der Waals surface area (Å²) in [6, 6.07) is 7.34. The number of hydrogen-bond donors (Lipinski definition) is 0. The molecular weight excluding hydrogens is 492 g/mol. The van der Waals surface area contributed by atoms with E-state index in [0.717, 1.165) is 19.2 Å². The third-order valence-corrected chi connectivity index (χ3v) is 7.85. The Balaban J connectivity index is 1.88. The molecule has 1 aromatic carbocycles. The lowest BCUT2D eigenvalue weighted by Crippen LogP contribution is -2.27. The van der Waals surface area contributed by atoms with Crippen LogP contribution in [0.15, 0.2) is 46.2 Å². The molecule has 0 aliphatic rings. The fourth-order valence-electron chi connectivity index (χ4n) is 3.55. The molecule has 0 amide bonds. The SMILES string of the molecule is Cc1cc2c(cc1F)c(C#N)c(-c1ccc(S(=O)(=O)C[C@@H](C)C(F)(F)F)cn1)n2-c1cscn1. The highest BCUT2D eigenvalue weighted by atomic mass is 32.2. The highest BCUT2D eigenvalue weighted by Crippen LogP contribution is 2.37. The molecule has 4 aromatic rings. The predicted molar refractivity (Wildman–Crippen MR) is 119 cm³/mol. The van der Waals surface area contributed by atoms with Gasteiger partial charge in [0, 0.05) is 17.0 Å². The number of hydrogen-bond acceptors (Lipinski definition) is 6. The number of pyridine rings is 1. The van der Waals surface area contributed by atoms with E-state index in [-0.39, 0.29) is 21.8 Å². The van der Waals surface area contributed by atoms with Crippen LogP contribution in [0.3, 0.4) is 0 Å². The Morgan fingerprint density at radius 1 is 1.24 bits per heavy atom. The van der Waals surface area contributed by atoms with Crippen LogP contribution in [0.2, 0.25) is 0 Å². The van der Waals surface area contributed by atoms with Crippen LogP contribution in [0.4, 0.5) is 17.6 Å². The fourth-order valence-corrected chi connectivity index (χ4v) is 5.59. The van der Waals surface area contributed by atoms with Crippen LogP contribution in [0.1, 0.15) is 18.1 Å². The van der Waals surface area contributed by atoms with Gasteiger partial charge in [0.05, 0.1) is 44.5 Å². The Morgan fingerprint density at radius 3 is 2.53 bits per heavy atom. The second-order valence-electron chi connectivity index (χ2n) is 7.74. The highest BCUT2D eigenvalue weighted by molar-refractivity contribution is 7.91. The Hall–Kier alpha value is -3.30. The number of halogens is 4. The highest BCUT2D eigenvalue weighted by Gasteiger charge is 2.39. The standard InChI is InChI=1S/C22H16F4N4O2S2/c1-12-5-19-15(6-17(12)23)16(7-27)21(30(19)20-9-33-11-29-20)18-4-3-14(8-28-18)34(31,32)10-13(2)22(24,25)26/h3-6,8-9,11,13H,10H2,1-2H3/t13-/m1/s1. The molecule has 0 N–H and O–H groups in total. The molecule has 0 aliphatic carbocycles. The maximum atomic E-state index is 14.3. The number of sulfone groups is 1. The van der Waals surface area contributed by atoms with Gasteiger partial charge in [-0.1, -0.05) is 6.92 Å². The molecule has 0 saturated heterocycles. The molecule has 0 bridgehead atoms. The fraction of sp³-hybridized carbons (Fsp3) is 0.227. The van der Waals surface area contributed by atoms with Crippen molar-refractivity contribution in [1.82, 2.24) is 14.5 Å². The van der Waals surface area contributed by atoms with Crippen LogP contribution in [0, 0.1) is 30.0 Å². The molecule has 0 saturated carbocycles. The topological polar surface area (TPSA) is 88.6 Å². The van der Waals surface area contributed by atoms with Crippen LogP contribution in [0.25, 0.3) is 28.1 Å². The lowest BCUT2D eigenvalue weighted by molar-refractivity contribution is -0.163. The number of aromatic nitrogens is 3. The number of nitriles is 1. The van der Waals surface area contributed by atoms with Crippen molar-refractivity contribution in [2.75, 3.05) is 5.75 Å². The van der Waals surface area contributed by atoms with Crippen LogP contribution < -0.4 is 0 Å². The number of benzene rings is 1. The van der Waals surface area contributed by atoms with Gasteiger partial charge < -0.3 is 0 Å². The van der Waals surface area contributed by atoms with Gasteiger partial charge in [-0.05, 0) is 36.8 Å². The van der Waals surface area contributed by atoms with Crippen molar-refractivity contribution >= 4 is 32.1 Å². The van der Waals surface area contributed by atoms with Crippen molar-refractivity contribution in [2.24, 2.45) is 5.92 Å².